The number of phenolic OH excluding ortho intramolecular Hbond substituents is 1. The van der Waals surface area contributed by atoms with Gasteiger partial charge in [0.1, 0.15) is 5.75 Å². The summed E-state index contributed by atoms with van der Waals surface area (Å²) in [5.41, 5.74) is 1.11. The molecule has 3 heterocycles. The number of phenols is 1. The molecule has 7 atom stereocenters. The van der Waals surface area contributed by atoms with Gasteiger partial charge in [0.15, 0.2) is 3.95 Å². The van der Waals surface area contributed by atoms with Crippen LogP contribution in [0.25, 0.3) is 0 Å². The maximum absolute atomic E-state index is 13.5. The number of likely N-dealkylation sites (tertiary alicyclic amines) is 1. The highest BCUT2D eigenvalue weighted by molar-refractivity contribution is 8.00. The number of hydrogen-bond acceptors (Lipinski definition) is 7. The van der Waals surface area contributed by atoms with E-state index in [1.165, 1.54) is 9.78 Å². The molecule has 35 heavy (non-hydrogen) atoms. The largest absolute Gasteiger partial charge is 0.508 e. The van der Waals surface area contributed by atoms with Crippen molar-refractivity contribution in [1.29, 1.82) is 0 Å². The summed E-state index contributed by atoms with van der Waals surface area (Å²) in [5.74, 6) is -0.563. The van der Waals surface area contributed by atoms with Gasteiger partial charge in [-0.2, -0.15) is 0 Å². The Hall–Kier alpha value is -2.17. The summed E-state index contributed by atoms with van der Waals surface area (Å²) < 4.78 is 0.736. The number of thiazole rings is 1. The predicted octanol–water partition coefficient (Wildman–Crippen LogP) is 4.63. The molecular formula is C25H26N2O5S3. The van der Waals surface area contributed by atoms with Crippen LogP contribution in [-0.4, -0.2) is 49.7 Å². The van der Waals surface area contributed by atoms with Gasteiger partial charge in [0, 0.05) is 29.0 Å². The molecule has 2 saturated carbocycles. The number of carbonyl (C=O) groups excluding carboxylic acids is 2. The van der Waals surface area contributed by atoms with Crippen molar-refractivity contribution >= 4 is 53.1 Å². The minimum Gasteiger partial charge on any atom is -0.508 e. The van der Waals surface area contributed by atoms with Crippen molar-refractivity contribution in [3.05, 3.63) is 38.7 Å². The number of carboxylic acid groups (broad SMARTS) is 1. The van der Waals surface area contributed by atoms with Crippen molar-refractivity contribution in [2.75, 3.05) is 6.54 Å². The van der Waals surface area contributed by atoms with Gasteiger partial charge in [-0.25, -0.2) is 0 Å². The van der Waals surface area contributed by atoms with Gasteiger partial charge < -0.3 is 15.2 Å². The fourth-order valence-corrected chi connectivity index (χ4v) is 10.4. The lowest BCUT2D eigenvalue weighted by Crippen LogP contribution is -2.42. The van der Waals surface area contributed by atoms with E-state index in [1.807, 2.05) is 12.1 Å². The maximum atomic E-state index is 13.5. The third kappa shape index (κ3) is 3.67. The highest BCUT2D eigenvalue weighted by Gasteiger charge is 2.69. The van der Waals surface area contributed by atoms with Crippen LogP contribution >= 0.6 is 35.3 Å². The predicted molar refractivity (Wildman–Crippen MR) is 134 cm³/mol. The number of aromatic amines is 1. The standard InChI is InChI=1S/C25H26N2O5S3/c28-12-7-5-11(6-8-12)16-17-13-10-14(20(17)34-22-21(16)35-25(33)26-22)19-18(13)23(31)27(24(19)32)9-3-1-2-4-15(29)30/h5-8,13-14,16-20,28H,1-4,9-10H2,(H,26,33)(H,29,30). The minimum atomic E-state index is -0.818. The van der Waals surface area contributed by atoms with Gasteiger partial charge in [0.2, 0.25) is 11.8 Å². The van der Waals surface area contributed by atoms with Crippen LogP contribution in [0, 0.1) is 33.5 Å². The van der Waals surface area contributed by atoms with Crippen LogP contribution in [0.3, 0.4) is 0 Å². The molecule has 7 nitrogen and oxygen atoms in total. The molecule has 0 spiro atoms. The molecule has 7 unspecified atom stereocenters. The quantitative estimate of drug-likeness (QED) is 0.272. The third-order valence-electron chi connectivity index (χ3n) is 8.34. The average molecular weight is 531 g/mol. The zero-order valence-electron chi connectivity index (χ0n) is 18.9. The van der Waals surface area contributed by atoms with Crippen LogP contribution in [0.15, 0.2) is 29.3 Å². The van der Waals surface area contributed by atoms with E-state index < -0.39 is 5.97 Å². The van der Waals surface area contributed by atoms with Gasteiger partial charge in [-0.05, 0) is 66.9 Å². The number of H-pyrrole nitrogens is 1. The number of fused-ring (bicyclic) bond motifs is 9. The van der Waals surface area contributed by atoms with E-state index in [4.69, 9.17) is 17.3 Å². The summed E-state index contributed by atoms with van der Waals surface area (Å²) in [6, 6.07) is 7.36. The topological polar surface area (TPSA) is 111 Å². The van der Waals surface area contributed by atoms with E-state index in [1.54, 1.807) is 35.2 Å². The molecule has 2 amide bonds. The lowest BCUT2D eigenvalue weighted by Gasteiger charge is -2.43. The highest BCUT2D eigenvalue weighted by Crippen LogP contribution is 2.68. The zero-order valence-corrected chi connectivity index (χ0v) is 21.3. The first kappa shape index (κ1) is 23.2. The average Bonchev–Trinajstić information content (AvgIpc) is 3.54. The number of unbranched alkanes of at least 4 members (excludes halogenated alkanes) is 2. The second-order valence-electron chi connectivity index (χ2n) is 10.1. The van der Waals surface area contributed by atoms with Crippen molar-refractivity contribution in [2.45, 2.75) is 48.3 Å². The van der Waals surface area contributed by atoms with Gasteiger partial charge in [-0.1, -0.05) is 18.6 Å². The Bertz CT molecular complexity index is 1250. The van der Waals surface area contributed by atoms with Crippen LogP contribution < -0.4 is 0 Å². The number of aromatic nitrogens is 1. The van der Waals surface area contributed by atoms with Crippen molar-refractivity contribution in [2.24, 2.45) is 29.6 Å². The molecule has 10 heteroatoms. The number of hydrogen-bond donors (Lipinski definition) is 3. The number of imide groups is 1. The van der Waals surface area contributed by atoms with E-state index in [0.29, 0.717) is 25.8 Å². The number of rotatable bonds is 7. The van der Waals surface area contributed by atoms with Gasteiger partial charge in [-0.15, -0.1) is 23.1 Å². The van der Waals surface area contributed by atoms with Gasteiger partial charge in [-0.3, -0.25) is 19.3 Å². The summed E-state index contributed by atoms with van der Waals surface area (Å²) in [5, 5.41) is 20.0. The number of aromatic hydroxyl groups is 1. The molecule has 184 valence electrons. The Morgan fingerprint density at radius 3 is 2.51 bits per heavy atom. The van der Waals surface area contributed by atoms with Crippen molar-refractivity contribution in [3.63, 3.8) is 0 Å². The first-order valence-electron chi connectivity index (χ1n) is 12.1. The number of amides is 2. The summed E-state index contributed by atoms with van der Waals surface area (Å²) in [6.45, 7) is 0.383. The Kier molecular flexibility index (Phi) is 5.80. The number of nitrogens with zero attached hydrogens (tertiary/aromatic N) is 1. The Balaban J connectivity index is 1.28. The molecule has 4 aliphatic rings. The number of carbonyl (C=O) groups is 3. The van der Waals surface area contributed by atoms with Crippen molar-refractivity contribution in [1.82, 2.24) is 9.88 Å². The number of nitrogens with one attached hydrogen (secondary N) is 1. The van der Waals surface area contributed by atoms with E-state index in [2.05, 4.69) is 4.98 Å². The molecule has 1 aromatic heterocycles. The molecule has 6 rings (SSSR count). The van der Waals surface area contributed by atoms with Gasteiger partial charge in [0.05, 0.1) is 16.9 Å². The number of carboxylic acids is 1. The smallest absolute Gasteiger partial charge is 0.303 e. The second kappa shape index (κ2) is 8.74. The molecule has 3 N–H and O–H groups in total. The first-order valence-corrected chi connectivity index (χ1v) is 14.2. The lowest BCUT2D eigenvalue weighted by atomic mass is 9.68. The highest BCUT2D eigenvalue weighted by atomic mass is 32.2. The van der Waals surface area contributed by atoms with Gasteiger partial charge in [0.25, 0.3) is 0 Å². The molecule has 2 bridgehead atoms. The zero-order chi connectivity index (χ0) is 24.4. The SMILES string of the molecule is O=C(O)CCCCCN1C(=O)C2C3CC(C2C1=O)C1C(c2ccc(O)cc2)c2sc(=S)[nH]c2SC31. The molecular weight excluding hydrogens is 504 g/mol. The first-order chi connectivity index (χ1) is 16.8. The molecule has 2 aliphatic heterocycles. The fraction of sp³-hybridized carbons (Fsp3) is 0.520. The van der Waals surface area contributed by atoms with Crippen LogP contribution in [0.2, 0.25) is 0 Å². The maximum Gasteiger partial charge on any atom is 0.303 e. The summed E-state index contributed by atoms with van der Waals surface area (Å²) in [7, 11) is 0. The van der Waals surface area contributed by atoms with Crippen molar-refractivity contribution in [3.8, 4) is 5.75 Å². The van der Waals surface area contributed by atoms with Crippen LogP contribution in [0.4, 0.5) is 0 Å². The molecule has 1 aromatic carbocycles. The molecule has 1 saturated heterocycles. The van der Waals surface area contributed by atoms with Gasteiger partial charge >= 0.3 is 5.97 Å². The number of benzene rings is 1. The molecule has 2 aromatic rings. The minimum absolute atomic E-state index is 0.0324. The summed E-state index contributed by atoms with van der Waals surface area (Å²) in [4.78, 5) is 43.7. The van der Waals surface area contributed by atoms with Crippen LogP contribution in [-0.2, 0) is 14.4 Å². The molecule has 2 aliphatic carbocycles. The van der Waals surface area contributed by atoms with E-state index >= 15 is 0 Å². The fourth-order valence-electron chi connectivity index (χ4n) is 7.08. The second-order valence-corrected chi connectivity index (χ2v) is 13.0. The van der Waals surface area contributed by atoms with E-state index in [0.717, 1.165) is 21.0 Å². The van der Waals surface area contributed by atoms with E-state index in [-0.39, 0.29) is 64.7 Å². The summed E-state index contributed by atoms with van der Waals surface area (Å²) >= 11 is 8.86. The van der Waals surface area contributed by atoms with Crippen molar-refractivity contribution < 1.29 is 24.6 Å². The normalized spacial score (nSPS) is 32.6. The Morgan fingerprint density at radius 2 is 1.80 bits per heavy atom. The Morgan fingerprint density at radius 1 is 1.09 bits per heavy atom. The molecule has 3 fully saturated rings. The van der Waals surface area contributed by atoms with E-state index in [9.17, 15) is 19.5 Å². The summed E-state index contributed by atoms with van der Waals surface area (Å²) in [6.07, 6.45) is 2.90. The number of thioether (sulfide) groups is 1. The lowest BCUT2D eigenvalue weighted by molar-refractivity contribution is -0.141. The molecule has 0 radical (unpaired) electrons. The van der Waals surface area contributed by atoms with Crippen LogP contribution in [0.5, 0.6) is 5.75 Å². The third-order valence-corrected chi connectivity index (χ3v) is 11.3. The number of aliphatic carboxylic acids is 1. The monoisotopic (exact) mass is 530 g/mol. The van der Waals surface area contributed by atoms with Crippen LogP contribution in [0.1, 0.15) is 48.5 Å². The Labute approximate surface area is 215 Å².